The van der Waals surface area contributed by atoms with Gasteiger partial charge in [-0.2, -0.15) is 9.97 Å². The van der Waals surface area contributed by atoms with E-state index in [9.17, 15) is 0 Å². The van der Waals surface area contributed by atoms with Gasteiger partial charge in [0.2, 0.25) is 17.7 Å². The third-order valence-corrected chi connectivity index (χ3v) is 13.1. The molecule has 10 aromatic carbocycles. The molecule has 14 aromatic rings. The molecule has 0 unspecified atom stereocenters. The van der Waals surface area contributed by atoms with E-state index in [-0.39, 0.29) is 0 Å². The molecule has 0 aliphatic heterocycles. The van der Waals surface area contributed by atoms with Gasteiger partial charge in [0.05, 0.1) is 11.0 Å². The van der Waals surface area contributed by atoms with E-state index in [1.54, 1.807) is 0 Å². The van der Waals surface area contributed by atoms with Crippen LogP contribution in [0.1, 0.15) is 0 Å². The highest BCUT2D eigenvalue weighted by atomic mass is 16.4. The van der Waals surface area contributed by atoms with Gasteiger partial charge in [0.25, 0.3) is 0 Å². The normalized spacial score (nSPS) is 11.8. The largest absolute Gasteiger partial charge is 0.436 e. The summed E-state index contributed by atoms with van der Waals surface area (Å²) in [5.74, 6) is 2.91. The molecule has 0 N–H and O–H groups in total. The maximum atomic E-state index is 6.14. The van der Waals surface area contributed by atoms with Gasteiger partial charge < -0.3 is 8.83 Å². The highest BCUT2D eigenvalue weighted by molar-refractivity contribution is 6.09. The molecule has 69 heavy (non-hydrogen) atoms. The van der Waals surface area contributed by atoms with Crippen molar-refractivity contribution in [1.29, 1.82) is 0 Å². The van der Waals surface area contributed by atoms with Gasteiger partial charge in [0.15, 0.2) is 22.8 Å². The fourth-order valence-corrected chi connectivity index (χ4v) is 9.61. The van der Waals surface area contributed by atoms with Gasteiger partial charge in [0, 0.05) is 33.0 Å². The molecular formula is C61H36N6O2. The first-order chi connectivity index (χ1) is 34.1. The Kier molecular flexibility index (Phi) is 8.72. The van der Waals surface area contributed by atoms with Crippen molar-refractivity contribution >= 4 is 65.6 Å². The van der Waals surface area contributed by atoms with E-state index in [1.165, 1.54) is 0 Å². The summed E-state index contributed by atoms with van der Waals surface area (Å²) in [7, 11) is 0. The summed E-state index contributed by atoms with van der Waals surface area (Å²) in [6.45, 7) is 0. The van der Waals surface area contributed by atoms with E-state index in [4.69, 9.17) is 33.8 Å². The SMILES string of the molecule is c1ccc(-c2nc3cc(-c4ccc5ccc(-c6nc(-c7ccc8ccc(-c9ccc%10oc(-c%11ccccc%11)nc%10c9)cc8c7)nc(-n7c8ccccc8c8ccccc87)n6)cc5c4)ccc3o2)cc1. The molecule has 4 aromatic heterocycles. The predicted octanol–water partition coefficient (Wildman–Crippen LogP) is 15.6. The second-order valence-electron chi connectivity index (χ2n) is 17.3. The number of rotatable bonds is 7. The topological polar surface area (TPSA) is 95.7 Å². The monoisotopic (exact) mass is 884 g/mol. The molecule has 0 aliphatic rings. The Morgan fingerprint density at radius 2 is 0.681 bits per heavy atom. The van der Waals surface area contributed by atoms with E-state index in [2.05, 4.69) is 150 Å². The van der Waals surface area contributed by atoms with Crippen molar-refractivity contribution in [3.63, 3.8) is 0 Å². The minimum atomic E-state index is 0.543. The zero-order chi connectivity index (χ0) is 45.4. The van der Waals surface area contributed by atoms with E-state index < -0.39 is 0 Å². The van der Waals surface area contributed by atoms with Crippen LogP contribution in [-0.4, -0.2) is 29.5 Å². The van der Waals surface area contributed by atoms with E-state index >= 15 is 0 Å². The van der Waals surface area contributed by atoms with Crippen molar-refractivity contribution in [1.82, 2.24) is 29.5 Å². The molecule has 4 heterocycles. The van der Waals surface area contributed by atoms with Crippen LogP contribution >= 0.6 is 0 Å². The van der Waals surface area contributed by atoms with Crippen LogP contribution < -0.4 is 0 Å². The van der Waals surface area contributed by atoms with Gasteiger partial charge in [0.1, 0.15) is 11.0 Å². The van der Waals surface area contributed by atoms with Crippen LogP contribution in [0.4, 0.5) is 0 Å². The first-order valence-electron chi connectivity index (χ1n) is 22.9. The Balaban J connectivity index is 0.885. The summed E-state index contributed by atoms with van der Waals surface area (Å²) in [6, 6.07) is 75.1. The third kappa shape index (κ3) is 6.73. The minimum absolute atomic E-state index is 0.543. The lowest BCUT2D eigenvalue weighted by atomic mass is 9.99. The average molecular weight is 885 g/mol. The molecule has 0 saturated carbocycles. The fraction of sp³-hybridized carbons (Fsp3) is 0. The quantitative estimate of drug-likeness (QED) is 0.157. The van der Waals surface area contributed by atoms with Crippen molar-refractivity contribution in [3.8, 4) is 73.9 Å². The van der Waals surface area contributed by atoms with Gasteiger partial charge in [-0.05, 0) is 129 Å². The average Bonchev–Trinajstić information content (AvgIpc) is 4.15. The van der Waals surface area contributed by atoms with Gasteiger partial charge >= 0.3 is 0 Å². The smallest absolute Gasteiger partial charge is 0.238 e. The number of para-hydroxylation sites is 2. The van der Waals surface area contributed by atoms with Crippen molar-refractivity contribution in [3.05, 3.63) is 218 Å². The molecule has 14 rings (SSSR count). The van der Waals surface area contributed by atoms with Crippen molar-refractivity contribution < 1.29 is 8.83 Å². The summed E-state index contributed by atoms with van der Waals surface area (Å²) in [5.41, 5.74) is 13.1. The fourth-order valence-electron chi connectivity index (χ4n) is 9.61. The van der Waals surface area contributed by atoms with Crippen molar-refractivity contribution in [2.45, 2.75) is 0 Å². The van der Waals surface area contributed by atoms with Crippen LogP contribution in [0.3, 0.4) is 0 Å². The zero-order valence-electron chi connectivity index (χ0n) is 36.8. The molecular weight excluding hydrogens is 849 g/mol. The maximum absolute atomic E-state index is 6.14. The van der Waals surface area contributed by atoms with Crippen molar-refractivity contribution in [2.75, 3.05) is 0 Å². The second-order valence-corrected chi connectivity index (χ2v) is 17.3. The molecule has 0 bridgehead atoms. The van der Waals surface area contributed by atoms with Gasteiger partial charge in [-0.15, -0.1) is 0 Å². The summed E-state index contributed by atoms with van der Waals surface area (Å²) in [4.78, 5) is 25.5. The Morgan fingerprint density at radius 1 is 0.290 bits per heavy atom. The van der Waals surface area contributed by atoms with Gasteiger partial charge in [-0.1, -0.05) is 133 Å². The standard InChI is InChI=1S/C61H36N6O2/c1-3-11-39(12-4-1)59-62-51-35-43(27-29-55(51)68-59)41-23-19-37-21-25-45(33-47(37)31-41)57-64-58(66-61(65-57)67-53-17-9-7-15-49(53)50-16-8-10-18-54(50)67)46-26-22-38-20-24-42(32-48(38)34-46)44-28-30-56-52(36-44)63-60(69-56)40-13-5-2-6-14-40/h1-36H. The predicted molar refractivity (Wildman–Crippen MR) is 277 cm³/mol. The zero-order valence-corrected chi connectivity index (χ0v) is 36.8. The molecule has 0 spiro atoms. The van der Waals surface area contributed by atoms with E-state index in [0.29, 0.717) is 29.4 Å². The summed E-state index contributed by atoms with van der Waals surface area (Å²) < 4.78 is 14.4. The van der Waals surface area contributed by atoms with Crippen LogP contribution in [-0.2, 0) is 0 Å². The number of fused-ring (bicyclic) bond motifs is 7. The Hall–Kier alpha value is -9.53. The highest BCUT2D eigenvalue weighted by Crippen LogP contribution is 2.36. The van der Waals surface area contributed by atoms with Crippen molar-refractivity contribution in [2.24, 2.45) is 0 Å². The number of hydrogen-bond donors (Lipinski definition) is 0. The Labute approximate surface area is 394 Å². The van der Waals surface area contributed by atoms with Crippen LogP contribution in [0.15, 0.2) is 227 Å². The first kappa shape index (κ1) is 38.7. The molecule has 8 heteroatoms. The summed E-state index contributed by atoms with van der Waals surface area (Å²) in [5, 5.41) is 6.61. The first-order valence-corrected chi connectivity index (χ1v) is 22.9. The van der Waals surface area contributed by atoms with Gasteiger partial charge in [-0.3, -0.25) is 4.57 Å². The number of aromatic nitrogens is 6. The second kappa shape index (κ2) is 15.5. The lowest BCUT2D eigenvalue weighted by molar-refractivity contribution is 0.619. The minimum Gasteiger partial charge on any atom is -0.436 e. The Morgan fingerprint density at radius 3 is 1.16 bits per heavy atom. The molecule has 8 nitrogen and oxygen atoms in total. The molecule has 0 amide bonds. The van der Waals surface area contributed by atoms with Crippen LogP contribution in [0.25, 0.3) is 139 Å². The lowest BCUT2D eigenvalue weighted by Crippen LogP contribution is -2.06. The van der Waals surface area contributed by atoms with Crippen LogP contribution in [0, 0.1) is 0 Å². The van der Waals surface area contributed by atoms with Crippen LogP contribution in [0.2, 0.25) is 0 Å². The maximum Gasteiger partial charge on any atom is 0.238 e. The highest BCUT2D eigenvalue weighted by Gasteiger charge is 2.19. The number of nitrogens with zero attached hydrogens (tertiary/aromatic N) is 6. The summed E-state index contributed by atoms with van der Waals surface area (Å²) in [6.07, 6.45) is 0. The lowest BCUT2D eigenvalue weighted by Gasteiger charge is -2.12. The Bertz CT molecular complexity index is 4050. The molecule has 0 radical (unpaired) electrons. The molecule has 322 valence electrons. The molecule has 0 saturated heterocycles. The summed E-state index contributed by atoms with van der Waals surface area (Å²) >= 11 is 0. The van der Waals surface area contributed by atoms with E-state index in [0.717, 1.165) is 110 Å². The number of benzene rings is 10. The molecule has 0 aliphatic carbocycles. The molecule has 0 fully saturated rings. The number of oxazole rings is 2. The molecule has 0 atom stereocenters. The van der Waals surface area contributed by atoms with E-state index in [1.807, 2.05) is 72.8 Å². The third-order valence-electron chi connectivity index (χ3n) is 13.1. The van der Waals surface area contributed by atoms with Gasteiger partial charge in [-0.25, -0.2) is 15.0 Å². The number of hydrogen-bond acceptors (Lipinski definition) is 7. The van der Waals surface area contributed by atoms with Crippen LogP contribution in [0.5, 0.6) is 0 Å².